The first kappa shape index (κ1) is 15.5. The topological polar surface area (TPSA) is 66.8 Å². The Hall–Kier alpha value is -1.88. The van der Waals surface area contributed by atoms with Gasteiger partial charge < -0.3 is 14.7 Å². The number of aliphatic carboxylic acids is 1. The molecule has 1 N–H and O–H groups in total. The highest BCUT2D eigenvalue weighted by molar-refractivity contribution is 5.77. The van der Waals surface area contributed by atoms with Crippen LogP contribution in [0.3, 0.4) is 0 Å². The largest absolute Gasteiger partial charge is 0.481 e. The predicted molar refractivity (Wildman–Crippen MR) is 77.9 cm³/mol. The minimum atomic E-state index is -0.839. The highest BCUT2D eigenvalue weighted by Crippen LogP contribution is 2.16. The molecule has 1 aliphatic rings. The third-order valence-electron chi connectivity index (χ3n) is 3.74. The normalized spacial score (nSPS) is 16.5. The van der Waals surface area contributed by atoms with Crippen LogP contribution >= 0.6 is 0 Å². The second-order valence-corrected chi connectivity index (χ2v) is 5.26. The first-order chi connectivity index (χ1) is 10.2. The van der Waals surface area contributed by atoms with Crippen molar-refractivity contribution < 1.29 is 19.4 Å². The molecule has 1 saturated heterocycles. The molecule has 5 heteroatoms. The lowest BCUT2D eigenvalue weighted by atomic mass is 9.94. The summed E-state index contributed by atoms with van der Waals surface area (Å²) in [5.74, 6) is -1.33. The number of carboxylic acid groups (broad SMARTS) is 1. The second-order valence-electron chi connectivity index (χ2n) is 5.26. The molecule has 1 aliphatic heterocycles. The van der Waals surface area contributed by atoms with Gasteiger partial charge in [0, 0.05) is 19.5 Å². The summed E-state index contributed by atoms with van der Waals surface area (Å²) in [6.45, 7) is 2.35. The summed E-state index contributed by atoms with van der Waals surface area (Å²) in [6.07, 6.45) is 1.12. The third-order valence-corrected chi connectivity index (χ3v) is 3.74. The van der Waals surface area contributed by atoms with Gasteiger partial charge in [-0.2, -0.15) is 0 Å². The summed E-state index contributed by atoms with van der Waals surface area (Å²) in [4.78, 5) is 25.2. The number of hydrogen-bond acceptors (Lipinski definition) is 3. The Kier molecular flexibility index (Phi) is 5.75. The summed E-state index contributed by atoms with van der Waals surface area (Å²) >= 11 is 0. The number of ether oxygens (including phenoxy) is 1. The SMILES string of the molecule is O=C(O)[C@@H](CCC(=O)N1CCOCC1)Cc1ccccc1. The number of amides is 1. The maximum atomic E-state index is 12.1. The number of morpholine rings is 1. The van der Waals surface area contributed by atoms with Crippen LogP contribution in [0.1, 0.15) is 18.4 Å². The van der Waals surface area contributed by atoms with E-state index in [1.807, 2.05) is 30.3 Å². The van der Waals surface area contributed by atoms with Crippen LogP contribution in [-0.4, -0.2) is 48.2 Å². The lowest BCUT2D eigenvalue weighted by Gasteiger charge is -2.27. The van der Waals surface area contributed by atoms with Crippen molar-refractivity contribution in [3.8, 4) is 0 Å². The van der Waals surface area contributed by atoms with E-state index in [1.54, 1.807) is 4.90 Å². The van der Waals surface area contributed by atoms with Gasteiger partial charge in [0.25, 0.3) is 0 Å². The van der Waals surface area contributed by atoms with Crippen molar-refractivity contribution in [3.63, 3.8) is 0 Å². The summed E-state index contributed by atoms with van der Waals surface area (Å²) in [6, 6.07) is 9.53. The molecule has 1 atom stereocenters. The molecule has 1 aromatic rings. The summed E-state index contributed by atoms with van der Waals surface area (Å²) in [5, 5.41) is 9.31. The standard InChI is InChI=1S/C16H21NO4/c18-15(17-8-10-21-11-9-17)7-6-14(16(19)20)12-13-4-2-1-3-5-13/h1-5,14H,6-12H2,(H,19,20)/t14-/m0/s1. The summed E-state index contributed by atoms with van der Waals surface area (Å²) in [5.41, 5.74) is 0.990. The van der Waals surface area contributed by atoms with E-state index in [2.05, 4.69) is 0 Å². The van der Waals surface area contributed by atoms with Crippen molar-refractivity contribution >= 4 is 11.9 Å². The molecule has 21 heavy (non-hydrogen) atoms. The molecule has 0 aromatic heterocycles. The van der Waals surface area contributed by atoms with Crippen molar-refractivity contribution in [2.75, 3.05) is 26.3 Å². The molecular weight excluding hydrogens is 270 g/mol. The zero-order chi connectivity index (χ0) is 15.1. The van der Waals surface area contributed by atoms with E-state index in [-0.39, 0.29) is 12.3 Å². The van der Waals surface area contributed by atoms with Crippen LogP contribution in [-0.2, 0) is 20.7 Å². The average molecular weight is 291 g/mol. The molecule has 1 aromatic carbocycles. The molecule has 1 fully saturated rings. The summed E-state index contributed by atoms with van der Waals surface area (Å²) in [7, 11) is 0. The van der Waals surface area contributed by atoms with Gasteiger partial charge in [-0.3, -0.25) is 9.59 Å². The molecule has 114 valence electrons. The van der Waals surface area contributed by atoms with Crippen LogP contribution in [0.15, 0.2) is 30.3 Å². The van der Waals surface area contributed by atoms with Crippen molar-refractivity contribution in [1.29, 1.82) is 0 Å². The van der Waals surface area contributed by atoms with Gasteiger partial charge in [0.2, 0.25) is 5.91 Å². The number of carbonyl (C=O) groups excluding carboxylic acids is 1. The van der Waals surface area contributed by atoms with Gasteiger partial charge in [-0.05, 0) is 18.4 Å². The van der Waals surface area contributed by atoms with E-state index in [1.165, 1.54) is 0 Å². The quantitative estimate of drug-likeness (QED) is 0.864. The van der Waals surface area contributed by atoms with Crippen LogP contribution in [0, 0.1) is 5.92 Å². The molecule has 5 nitrogen and oxygen atoms in total. The zero-order valence-electron chi connectivity index (χ0n) is 12.0. The Morgan fingerprint density at radius 2 is 1.86 bits per heavy atom. The zero-order valence-corrected chi connectivity index (χ0v) is 12.0. The number of carboxylic acids is 1. The molecule has 2 rings (SSSR count). The monoisotopic (exact) mass is 291 g/mol. The van der Waals surface area contributed by atoms with Crippen LogP contribution in [0.4, 0.5) is 0 Å². The minimum Gasteiger partial charge on any atom is -0.481 e. The van der Waals surface area contributed by atoms with Gasteiger partial charge in [-0.25, -0.2) is 0 Å². The van der Waals surface area contributed by atoms with Gasteiger partial charge in [0.1, 0.15) is 0 Å². The van der Waals surface area contributed by atoms with Crippen LogP contribution in [0.2, 0.25) is 0 Å². The molecule has 1 heterocycles. The lowest BCUT2D eigenvalue weighted by Crippen LogP contribution is -2.40. The van der Waals surface area contributed by atoms with E-state index >= 15 is 0 Å². The molecule has 1 amide bonds. The first-order valence-corrected chi connectivity index (χ1v) is 7.29. The van der Waals surface area contributed by atoms with E-state index in [4.69, 9.17) is 4.74 Å². The van der Waals surface area contributed by atoms with Crippen LogP contribution in [0.25, 0.3) is 0 Å². The molecule has 0 spiro atoms. The van der Waals surface area contributed by atoms with E-state index < -0.39 is 11.9 Å². The Morgan fingerprint density at radius 3 is 2.48 bits per heavy atom. The molecule has 0 radical (unpaired) electrons. The number of carbonyl (C=O) groups is 2. The van der Waals surface area contributed by atoms with Crippen LogP contribution in [0.5, 0.6) is 0 Å². The molecule has 0 saturated carbocycles. The van der Waals surface area contributed by atoms with Crippen LogP contribution < -0.4 is 0 Å². The van der Waals surface area contributed by atoms with Crippen molar-refractivity contribution in [3.05, 3.63) is 35.9 Å². The smallest absolute Gasteiger partial charge is 0.306 e. The number of hydrogen-bond donors (Lipinski definition) is 1. The van der Waals surface area contributed by atoms with Gasteiger partial charge in [-0.15, -0.1) is 0 Å². The Labute approximate surface area is 124 Å². The Bertz CT molecular complexity index is 468. The Morgan fingerprint density at radius 1 is 1.19 bits per heavy atom. The highest BCUT2D eigenvalue weighted by atomic mass is 16.5. The number of benzene rings is 1. The lowest BCUT2D eigenvalue weighted by molar-refractivity contribution is -0.142. The second kappa shape index (κ2) is 7.78. The Balaban J connectivity index is 1.85. The van der Waals surface area contributed by atoms with Gasteiger partial charge in [0.05, 0.1) is 19.1 Å². The number of rotatable bonds is 6. The maximum absolute atomic E-state index is 12.1. The fraction of sp³-hybridized carbons (Fsp3) is 0.500. The number of nitrogens with zero attached hydrogens (tertiary/aromatic N) is 1. The van der Waals surface area contributed by atoms with Gasteiger partial charge >= 0.3 is 5.97 Å². The molecular formula is C16H21NO4. The molecule has 0 unspecified atom stereocenters. The predicted octanol–water partition coefficient (Wildman–Crippen LogP) is 1.57. The molecule has 0 aliphatic carbocycles. The first-order valence-electron chi connectivity index (χ1n) is 7.29. The highest BCUT2D eigenvalue weighted by Gasteiger charge is 2.22. The fourth-order valence-corrected chi connectivity index (χ4v) is 2.48. The van der Waals surface area contributed by atoms with Crippen molar-refractivity contribution in [2.45, 2.75) is 19.3 Å². The van der Waals surface area contributed by atoms with Crippen molar-refractivity contribution in [2.24, 2.45) is 5.92 Å². The minimum absolute atomic E-state index is 0.0256. The fourth-order valence-electron chi connectivity index (χ4n) is 2.48. The van der Waals surface area contributed by atoms with Crippen molar-refractivity contribution in [1.82, 2.24) is 4.90 Å². The molecule has 0 bridgehead atoms. The maximum Gasteiger partial charge on any atom is 0.306 e. The third kappa shape index (κ3) is 4.86. The van der Waals surface area contributed by atoms with Gasteiger partial charge in [0.15, 0.2) is 0 Å². The van der Waals surface area contributed by atoms with E-state index in [0.717, 1.165) is 5.56 Å². The van der Waals surface area contributed by atoms with E-state index in [9.17, 15) is 14.7 Å². The van der Waals surface area contributed by atoms with E-state index in [0.29, 0.717) is 39.1 Å². The van der Waals surface area contributed by atoms with Gasteiger partial charge in [-0.1, -0.05) is 30.3 Å². The average Bonchev–Trinajstić information content (AvgIpc) is 2.52. The summed E-state index contributed by atoms with van der Waals surface area (Å²) < 4.78 is 5.20.